The molecule has 176 valence electrons. The van der Waals surface area contributed by atoms with Crippen molar-refractivity contribution in [3.63, 3.8) is 0 Å². The first kappa shape index (κ1) is 27.3. The molecule has 0 aromatic rings. The lowest BCUT2D eigenvalue weighted by atomic mass is 9.93. The summed E-state index contributed by atoms with van der Waals surface area (Å²) in [6.45, 7) is 5.58. The minimum atomic E-state index is -4.11. The largest absolute Gasteiger partial charge is 0.401 e. The second kappa shape index (κ2) is 13.6. The van der Waals surface area contributed by atoms with Gasteiger partial charge in [-0.25, -0.2) is 0 Å². The Kier molecular flexibility index (Phi) is 12.3. The molecule has 0 unspecified atom stereocenters. The highest BCUT2D eigenvalue weighted by Gasteiger charge is 2.32. The lowest BCUT2D eigenvalue weighted by Crippen LogP contribution is -2.46. The minimum Gasteiger partial charge on any atom is -0.359 e. The Labute approximate surface area is 195 Å². The molecular weight excluding hydrogens is 510 g/mol. The van der Waals surface area contributed by atoms with E-state index in [1.807, 2.05) is 6.92 Å². The van der Waals surface area contributed by atoms with E-state index in [0.717, 1.165) is 57.7 Å². The van der Waals surface area contributed by atoms with Crippen molar-refractivity contribution in [1.29, 1.82) is 0 Å². The van der Waals surface area contributed by atoms with Gasteiger partial charge in [-0.15, -0.1) is 24.0 Å². The fourth-order valence-electron chi connectivity index (χ4n) is 4.18. The van der Waals surface area contributed by atoms with Gasteiger partial charge in [-0.05, 0) is 64.0 Å². The van der Waals surface area contributed by atoms with Crippen molar-refractivity contribution in [2.45, 2.75) is 51.6 Å². The molecule has 30 heavy (non-hydrogen) atoms. The van der Waals surface area contributed by atoms with E-state index in [1.54, 1.807) is 7.05 Å². The number of hydrogen-bond acceptors (Lipinski definition) is 3. The molecule has 10 heteroatoms. The summed E-state index contributed by atoms with van der Waals surface area (Å²) in [6, 6.07) is 0. The number of aliphatic imine (C=N–C) groups is 1. The Bertz CT molecular complexity index is 531. The van der Waals surface area contributed by atoms with Crippen LogP contribution in [0, 0.1) is 11.8 Å². The van der Waals surface area contributed by atoms with E-state index >= 15 is 0 Å². The van der Waals surface area contributed by atoms with Crippen LogP contribution >= 0.6 is 24.0 Å². The molecule has 0 spiro atoms. The average molecular weight is 547 g/mol. The van der Waals surface area contributed by atoms with Gasteiger partial charge in [0, 0.05) is 39.6 Å². The number of nitrogens with zero attached hydrogens (tertiary/aromatic N) is 3. The van der Waals surface area contributed by atoms with Crippen LogP contribution in [0.1, 0.15) is 45.4 Å². The van der Waals surface area contributed by atoms with E-state index in [-0.39, 0.29) is 29.9 Å². The van der Waals surface area contributed by atoms with Gasteiger partial charge in [0.2, 0.25) is 5.91 Å². The van der Waals surface area contributed by atoms with Crippen LogP contribution in [-0.4, -0.2) is 80.7 Å². The molecule has 0 aromatic heterocycles. The molecule has 2 rings (SSSR count). The summed E-state index contributed by atoms with van der Waals surface area (Å²) < 4.78 is 37.5. The quantitative estimate of drug-likeness (QED) is 0.292. The molecule has 2 aliphatic heterocycles. The molecule has 0 bridgehead atoms. The van der Waals surface area contributed by atoms with Crippen LogP contribution in [-0.2, 0) is 4.79 Å². The summed E-state index contributed by atoms with van der Waals surface area (Å²) >= 11 is 0. The van der Waals surface area contributed by atoms with E-state index in [9.17, 15) is 18.0 Å². The summed E-state index contributed by atoms with van der Waals surface area (Å²) in [5, 5.41) is 6.05. The normalized spacial score (nSPS) is 20.0. The molecule has 2 saturated heterocycles. The molecule has 0 aromatic carbocycles. The first-order valence-electron chi connectivity index (χ1n) is 10.8. The summed E-state index contributed by atoms with van der Waals surface area (Å²) in [7, 11) is 1.67. The molecule has 0 saturated carbocycles. The maximum atomic E-state index is 12.5. The van der Waals surface area contributed by atoms with Crippen molar-refractivity contribution in [2.24, 2.45) is 16.8 Å². The maximum Gasteiger partial charge on any atom is 0.401 e. The van der Waals surface area contributed by atoms with Gasteiger partial charge in [0.05, 0.1) is 6.54 Å². The molecule has 2 fully saturated rings. The molecule has 2 N–H and O–H groups in total. The van der Waals surface area contributed by atoms with E-state index in [1.165, 1.54) is 4.90 Å². The second-order valence-electron chi connectivity index (χ2n) is 8.17. The number of nitrogens with one attached hydrogen (secondary N) is 2. The highest BCUT2D eigenvalue weighted by molar-refractivity contribution is 14.0. The number of amides is 1. The van der Waals surface area contributed by atoms with Crippen LogP contribution in [0.25, 0.3) is 0 Å². The van der Waals surface area contributed by atoms with Gasteiger partial charge in [-0.2, -0.15) is 13.2 Å². The smallest absolute Gasteiger partial charge is 0.359 e. The van der Waals surface area contributed by atoms with Crippen molar-refractivity contribution in [2.75, 3.05) is 52.9 Å². The number of guanidine groups is 1. The van der Waals surface area contributed by atoms with Gasteiger partial charge in [0.15, 0.2) is 5.96 Å². The Morgan fingerprint density at radius 1 is 1.07 bits per heavy atom. The number of carbonyl (C=O) groups is 1. The van der Waals surface area contributed by atoms with Crippen molar-refractivity contribution in [3.05, 3.63) is 0 Å². The number of halogens is 4. The van der Waals surface area contributed by atoms with Crippen LogP contribution in [0.2, 0.25) is 0 Å². The number of carbonyl (C=O) groups excluding carboxylic acids is 1. The average Bonchev–Trinajstić information content (AvgIpc) is 2.68. The molecule has 2 heterocycles. The zero-order chi connectivity index (χ0) is 21.3. The van der Waals surface area contributed by atoms with Gasteiger partial charge in [-0.3, -0.25) is 14.7 Å². The van der Waals surface area contributed by atoms with E-state index in [2.05, 4.69) is 15.5 Å². The SMILES string of the molecule is CCNC(=NCCC1CCN(CC(F)(F)F)CC1)N1CCC(CC(=O)NC)CC1.I. The van der Waals surface area contributed by atoms with Gasteiger partial charge >= 0.3 is 6.18 Å². The number of alkyl halides is 3. The summed E-state index contributed by atoms with van der Waals surface area (Å²) in [5.41, 5.74) is 0. The molecule has 0 atom stereocenters. The Morgan fingerprint density at radius 2 is 1.67 bits per heavy atom. The first-order valence-corrected chi connectivity index (χ1v) is 10.8. The van der Waals surface area contributed by atoms with Gasteiger partial charge in [0.25, 0.3) is 0 Å². The summed E-state index contributed by atoms with van der Waals surface area (Å²) in [6.07, 6.45) is 0.990. The van der Waals surface area contributed by atoms with Crippen molar-refractivity contribution in [3.8, 4) is 0 Å². The molecule has 0 aliphatic carbocycles. The lowest BCUT2D eigenvalue weighted by molar-refractivity contribution is -0.148. The Balaban J connectivity index is 0.00000450. The third-order valence-corrected chi connectivity index (χ3v) is 5.91. The number of hydrogen-bond donors (Lipinski definition) is 2. The molecule has 1 amide bonds. The van der Waals surface area contributed by atoms with Gasteiger partial charge < -0.3 is 15.5 Å². The third kappa shape index (κ3) is 10.0. The van der Waals surface area contributed by atoms with Gasteiger partial charge in [-0.1, -0.05) is 0 Å². The standard InChI is InChI=1S/C20H36F3N5O.HI/c1-3-25-19(28-12-7-17(8-13-28)14-18(29)24-2)26-9-4-16-5-10-27(11-6-16)15-20(21,22)23;/h16-17H,3-15H2,1-2H3,(H,24,29)(H,25,26);1H. The summed E-state index contributed by atoms with van der Waals surface area (Å²) in [4.78, 5) is 20.1. The number of likely N-dealkylation sites (tertiary alicyclic amines) is 2. The minimum absolute atomic E-state index is 0. The van der Waals surface area contributed by atoms with E-state index in [0.29, 0.717) is 37.9 Å². The topological polar surface area (TPSA) is 60.0 Å². The highest BCUT2D eigenvalue weighted by Crippen LogP contribution is 2.24. The Hall–Kier alpha value is -0.780. The monoisotopic (exact) mass is 547 g/mol. The molecule has 2 aliphatic rings. The molecular formula is C20H37F3IN5O. The van der Waals surface area contributed by atoms with E-state index in [4.69, 9.17) is 4.99 Å². The van der Waals surface area contributed by atoms with Crippen molar-refractivity contribution >= 4 is 35.8 Å². The van der Waals surface area contributed by atoms with Crippen LogP contribution in [0.5, 0.6) is 0 Å². The Morgan fingerprint density at radius 3 is 2.20 bits per heavy atom. The first-order chi connectivity index (χ1) is 13.8. The zero-order valence-corrected chi connectivity index (χ0v) is 20.5. The summed E-state index contributed by atoms with van der Waals surface area (Å²) in [5.74, 6) is 1.89. The van der Waals surface area contributed by atoms with Crippen molar-refractivity contribution in [1.82, 2.24) is 20.4 Å². The predicted octanol–water partition coefficient (Wildman–Crippen LogP) is 3.08. The second-order valence-corrected chi connectivity index (χ2v) is 8.17. The maximum absolute atomic E-state index is 12.5. The van der Waals surface area contributed by atoms with Crippen LogP contribution < -0.4 is 10.6 Å². The van der Waals surface area contributed by atoms with Crippen LogP contribution in [0.15, 0.2) is 4.99 Å². The van der Waals surface area contributed by atoms with Crippen molar-refractivity contribution < 1.29 is 18.0 Å². The fourth-order valence-corrected chi connectivity index (χ4v) is 4.18. The number of rotatable bonds is 7. The fraction of sp³-hybridized carbons (Fsp3) is 0.900. The van der Waals surface area contributed by atoms with E-state index < -0.39 is 12.7 Å². The molecule has 0 radical (unpaired) electrons. The highest BCUT2D eigenvalue weighted by atomic mass is 127. The van der Waals surface area contributed by atoms with Crippen LogP contribution in [0.3, 0.4) is 0 Å². The van der Waals surface area contributed by atoms with Crippen LogP contribution in [0.4, 0.5) is 13.2 Å². The van der Waals surface area contributed by atoms with Gasteiger partial charge in [0.1, 0.15) is 0 Å². The third-order valence-electron chi connectivity index (χ3n) is 5.91. The number of piperidine rings is 2. The molecule has 6 nitrogen and oxygen atoms in total. The lowest BCUT2D eigenvalue weighted by Gasteiger charge is -2.34. The predicted molar refractivity (Wildman–Crippen MR) is 124 cm³/mol. The zero-order valence-electron chi connectivity index (χ0n) is 18.1.